The monoisotopic (exact) mass is 278 g/mol. The van der Waals surface area contributed by atoms with Gasteiger partial charge in [-0.2, -0.15) is 0 Å². The standard InChI is InChI=1S/C15H19FN2S/c1-11-15(19-10-18-11)7-6-12(9-17)8-13-4-2-3-5-14(13)16/h2-5,10,12H,6-9,17H2,1H3. The number of thiazole rings is 1. The predicted molar refractivity (Wildman–Crippen MR) is 77.8 cm³/mol. The molecule has 2 nitrogen and oxygen atoms in total. The molecule has 1 heterocycles. The topological polar surface area (TPSA) is 38.9 Å². The van der Waals surface area contributed by atoms with Crippen LogP contribution in [-0.4, -0.2) is 11.5 Å². The Hall–Kier alpha value is -1.26. The third-order valence-corrected chi connectivity index (χ3v) is 4.42. The van der Waals surface area contributed by atoms with Crippen molar-refractivity contribution < 1.29 is 4.39 Å². The van der Waals surface area contributed by atoms with Gasteiger partial charge in [0.15, 0.2) is 0 Å². The normalized spacial score (nSPS) is 12.6. The van der Waals surface area contributed by atoms with Crippen molar-refractivity contribution in [1.29, 1.82) is 0 Å². The predicted octanol–water partition coefficient (Wildman–Crippen LogP) is 3.34. The Balaban J connectivity index is 1.94. The summed E-state index contributed by atoms with van der Waals surface area (Å²) in [7, 11) is 0. The average Bonchev–Trinajstić information content (AvgIpc) is 2.82. The lowest BCUT2D eigenvalue weighted by atomic mass is 9.94. The fourth-order valence-corrected chi connectivity index (χ4v) is 2.98. The van der Waals surface area contributed by atoms with E-state index in [0.29, 0.717) is 18.9 Å². The van der Waals surface area contributed by atoms with E-state index in [1.807, 2.05) is 24.6 Å². The van der Waals surface area contributed by atoms with Gasteiger partial charge in [-0.05, 0) is 50.3 Å². The third-order valence-electron chi connectivity index (χ3n) is 3.42. The van der Waals surface area contributed by atoms with Gasteiger partial charge in [-0.3, -0.25) is 0 Å². The highest BCUT2D eigenvalue weighted by atomic mass is 32.1. The van der Waals surface area contributed by atoms with Crippen molar-refractivity contribution in [2.24, 2.45) is 11.7 Å². The molecule has 0 aliphatic rings. The number of nitrogens with two attached hydrogens (primary N) is 1. The van der Waals surface area contributed by atoms with Crippen LogP contribution in [0, 0.1) is 18.7 Å². The van der Waals surface area contributed by atoms with Gasteiger partial charge in [-0.15, -0.1) is 11.3 Å². The summed E-state index contributed by atoms with van der Waals surface area (Å²) in [5, 5.41) is 0. The summed E-state index contributed by atoms with van der Waals surface area (Å²) in [6.07, 6.45) is 2.67. The highest BCUT2D eigenvalue weighted by Gasteiger charge is 2.12. The molecular weight excluding hydrogens is 259 g/mol. The zero-order valence-electron chi connectivity index (χ0n) is 11.1. The average molecular weight is 278 g/mol. The number of aryl methyl sites for hydroxylation is 2. The van der Waals surface area contributed by atoms with Crippen molar-refractivity contribution in [2.75, 3.05) is 6.54 Å². The lowest BCUT2D eigenvalue weighted by Crippen LogP contribution is -2.18. The van der Waals surface area contributed by atoms with Gasteiger partial charge < -0.3 is 5.73 Å². The van der Waals surface area contributed by atoms with Crippen LogP contribution in [0.4, 0.5) is 4.39 Å². The minimum Gasteiger partial charge on any atom is -0.330 e. The highest BCUT2D eigenvalue weighted by molar-refractivity contribution is 7.09. The maximum absolute atomic E-state index is 13.6. The first-order valence-corrected chi connectivity index (χ1v) is 7.41. The molecule has 0 aliphatic carbocycles. The van der Waals surface area contributed by atoms with Crippen molar-refractivity contribution in [3.8, 4) is 0 Å². The van der Waals surface area contributed by atoms with Crippen molar-refractivity contribution in [1.82, 2.24) is 4.98 Å². The van der Waals surface area contributed by atoms with Crippen molar-refractivity contribution in [2.45, 2.75) is 26.2 Å². The number of nitrogens with zero attached hydrogens (tertiary/aromatic N) is 1. The quantitative estimate of drug-likeness (QED) is 0.880. The van der Waals surface area contributed by atoms with E-state index >= 15 is 0 Å². The SMILES string of the molecule is Cc1ncsc1CCC(CN)Cc1ccccc1F. The van der Waals surface area contributed by atoms with E-state index in [1.54, 1.807) is 17.4 Å². The smallest absolute Gasteiger partial charge is 0.126 e. The Bertz CT molecular complexity index is 524. The molecule has 2 aromatic rings. The fourth-order valence-electron chi connectivity index (χ4n) is 2.18. The summed E-state index contributed by atoms with van der Waals surface area (Å²) in [6.45, 7) is 2.62. The lowest BCUT2D eigenvalue weighted by molar-refractivity contribution is 0.481. The van der Waals surface area contributed by atoms with Gasteiger partial charge in [0.25, 0.3) is 0 Å². The molecule has 0 saturated carbocycles. The van der Waals surface area contributed by atoms with Gasteiger partial charge in [-0.25, -0.2) is 9.37 Å². The second-order valence-corrected chi connectivity index (χ2v) is 5.74. The number of hydrogen-bond donors (Lipinski definition) is 1. The molecule has 19 heavy (non-hydrogen) atoms. The molecule has 4 heteroatoms. The Kier molecular flexibility index (Phi) is 5.05. The second-order valence-electron chi connectivity index (χ2n) is 4.80. The first-order valence-electron chi connectivity index (χ1n) is 6.53. The van der Waals surface area contributed by atoms with E-state index in [1.165, 1.54) is 10.9 Å². The molecule has 0 aliphatic heterocycles. The molecular formula is C15H19FN2S. The zero-order chi connectivity index (χ0) is 13.7. The third kappa shape index (κ3) is 3.85. The molecule has 2 rings (SSSR count). The molecule has 0 saturated heterocycles. The van der Waals surface area contributed by atoms with Crippen LogP contribution in [-0.2, 0) is 12.8 Å². The van der Waals surface area contributed by atoms with Gasteiger partial charge in [0, 0.05) is 4.88 Å². The van der Waals surface area contributed by atoms with E-state index < -0.39 is 0 Å². The Morgan fingerprint density at radius 3 is 2.79 bits per heavy atom. The molecule has 102 valence electrons. The Morgan fingerprint density at radius 1 is 1.37 bits per heavy atom. The van der Waals surface area contributed by atoms with Gasteiger partial charge in [0.05, 0.1) is 11.2 Å². The lowest BCUT2D eigenvalue weighted by Gasteiger charge is -2.14. The van der Waals surface area contributed by atoms with Crippen LogP contribution in [0.25, 0.3) is 0 Å². The molecule has 2 N–H and O–H groups in total. The van der Waals surface area contributed by atoms with Crippen LogP contribution >= 0.6 is 11.3 Å². The summed E-state index contributed by atoms with van der Waals surface area (Å²) in [5.41, 5.74) is 9.55. The second kappa shape index (κ2) is 6.78. The van der Waals surface area contributed by atoms with E-state index in [4.69, 9.17) is 5.73 Å². The first-order chi connectivity index (χ1) is 9.20. The fraction of sp³-hybridized carbons (Fsp3) is 0.400. The van der Waals surface area contributed by atoms with Gasteiger partial charge in [0.1, 0.15) is 5.82 Å². The Labute approximate surface area is 117 Å². The van der Waals surface area contributed by atoms with E-state index in [2.05, 4.69) is 4.98 Å². The molecule has 1 aromatic carbocycles. The summed E-state index contributed by atoms with van der Waals surface area (Å²) < 4.78 is 13.6. The van der Waals surface area contributed by atoms with E-state index in [-0.39, 0.29) is 5.82 Å². The number of aromatic nitrogens is 1. The number of benzene rings is 1. The largest absolute Gasteiger partial charge is 0.330 e. The van der Waals surface area contributed by atoms with Crippen molar-refractivity contribution in [3.63, 3.8) is 0 Å². The maximum atomic E-state index is 13.6. The van der Waals surface area contributed by atoms with Crippen LogP contribution in [0.15, 0.2) is 29.8 Å². The molecule has 1 unspecified atom stereocenters. The van der Waals surface area contributed by atoms with Crippen molar-refractivity contribution in [3.05, 3.63) is 51.7 Å². The first kappa shape index (κ1) is 14.2. The summed E-state index contributed by atoms with van der Waals surface area (Å²) in [6, 6.07) is 6.95. The van der Waals surface area contributed by atoms with Crippen LogP contribution in [0.5, 0.6) is 0 Å². The number of rotatable bonds is 6. The highest BCUT2D eigenvalue weighted by Crippen LogP contribution is 2.20. The van der Waals surface area contributed by atoms with Crippen LogP contribution < -0.4 is 5.73 Å². The van der Waals surface area contributed by atoms with Gasteiger partial charge in [0.2, 0.25) is 0 Å². The number of halogens is 1. The van der Waals surface area contributed by atoms with E-state index in [9.17, 15) is 4.39 Å². The van der Waals surface area contributed by atoms with Crippen LogP contribution in [0.2, 0.25) is 0 Å². The van der Waals surface area contributed by atoms with Gasteiger partial charge in [-0.1, -0.05) is 18.2 Å². The van der Waals surface area contributed by atoms with Gasteiger partial charge >= 0.3 is 0 Å². The minimum absolute atomic E-state index is 0.130. The minimum atomic E-state index is -0.130. The van der Waals surface area contributed by atoms with Crippen LogP contribution in [0.1, 0.15) is 22.6 Å². The van der Waals surface area contributed by atoms with E-state index in [0.717, 1.165) is 24.1 Å². The Morgan fingerprint density at radius 2 is 2.16 bits per heavy atom. The summed E-state index contributed by atoms with van der Waals surface area (Å²) in [5.74, 6) is 0.188. The molecule has 0 fully saturated rings. The summed E-state index contributed by atoms with van der Waals surface area (Å²) in [4.78, 5) is 5.56. The van der Waals surface area contributed by atoms with Crippen LogP contribution in [0.3, 0.4) is 0 Å². The molecule has 1 atom stereocenters. The molecule has 0 spiro atoms. The number of hydrogen-bond acceptors (Lipinski definition) is 3. The maximum Gasteiger partial charge on any atom is 0.126 e. The molecule has 0 amide bonds. The molecule has 0 radical (unpaired) electrons. The van der Waals surface area contributed by atoms with Crippen molar-refractivity contribution >= 4 is 11.3 Å². The summed E-state index contributed by atoms with van der Waals surface area (Å²) >= 11 is 1.69. The zero-order valence-corrected chi connectivity index (χ0v) is 11.9. The molecule has 0 bridgehead atoms. The molecule has 1 aromatic heterocycles.